The number of ether oxygens (including phenoxy) is 1. The highest BCUT2D eigenvalue weighted by Crippen LogP contribution is 2.44. The van der Waals surface area contributed by atoms with E-state index in [2.05, 4.69) is 4.98 Å². The van der Waals surface area contributed by atoms with Gasteiger partial charge in [-0.05, 0) is 61.7 Å². The van der Waals surface area contributed by atoms with Crippen molar-refractivity contribution in [2.45, 2.75) is 33.7 Å². The number of ketones is 1. The number of nitrogens with zero attached hydrogens (tertiary/aromatic N) is 2. The topological polar surface area (TPSA) is 96.8 Å². The van der Waals surface area contributed by atoms with E-state index in [4.69, 9.17) is 4.74 Å². The summed E-state index contributed by atoms with van der Waals surface area (Å²) in [6, 6.07) is 20.8. The predicted octanol–water partition coefficient (Wildman–Crippen LogP) is 6.44. The summed E-state index contributed by atoms with van der Waals surface area (Å²) in [5, 5.41) is 11.8. The standard InChI is InChI=1S/C31H26N2O5S/c1-17-10-13-23(16-18(17)2)33-26(21-11-14-24(15-12-21)38-20(4)34)25(28(36)31(33)37)27(35)29-19(3)32-30(39-29)22-8-6-5-7-9-22/h5-16,26,36H,1-4H3. The molecule has 3 aromatic carbocycles. The molecule has 2 heterocycles. The van der Waals surface area contributed by atoms with E-state index >= 15 is 0 Å². The van der Waals surface area contributed by atoms with Crippen molar-refractivity contribution in [2.24, 2.45) is 0 Å². The number of carbonyl (C=O) groups excluding carboxylic acids is 3. The van der Waals surface area contributed by atoms with Gasteiger partial charge in [0.05, 0.1) is 22.2 Å². The third kappa shape index (κ3) is 4.86. The number of rotatable bonds is 6. The average Bonchev–Trinajstić information content (AvgIpc) is 3.43. The molecule has 0 saturated heterocycles. The monoisotopic (exact) mass is 538 g/mol. The van der Waals surface area contributed by atoms with Crippen LogP contribution in [-0.4, -0.2) is 27.8 Å². The Hall–Kier alpha value is -4.56. The van der Waals surface area contributed by atoms with Gasteiger partial charge < -0.3 is 9.84 Å². The minimum absolute atomic E-state index is 0.0233. The van der Waals surface area contributed by atoms with Crippen molar-refractivity contribution < 1.29 is 24.2 Å². The van der Waals surface area contributed by atoms with Gasteiger partial charge in [0.1, 0.15) is 10.8 Å². The summed E-state index contributed by atoms with van der Waals surface area (Å²) in [5.74, 6) is -1.85. The fourth-order valence-electron chi connectivity index (χ4n) is 4.61. The first-order valence-corrected chi connectivity index (χ1v) is 13.2. The highest BCUT2D eigenvalue weighted by atomic mass is 32.1. The van der Waals surface area contributed by atoms with E-state index in [1.807, 2.05) is 56.3 Å². The molecule has 0 bridgehead atoms. The third-order valence-corrected chi connectivity index (χ3v) is 7.91. The molecule has 1 N–H and O–H groups in total. The third-order valence-electron chi connectivity index (χ3n) is 6.70. The van der Waals surface area contributed by atoms with Gasteiger partial charge in [0.25, 0.3) is 5.91 Å². The van der Waals surface area contributed by atoms with Crippen LogP contribution in [0.5, 0.6) is 5.75 Å². The van der Waals surface area contributed by atoms with E-state index in [0.29, 0.717) is 32.6 Å². The molecule has 0 fully saturated rings. The number of amides is 1. The zero-order valence-electron chi connectivity index (χ0n) is 21.9. The minimum atomic E-state index is -0.903. The molecule has 0 aliphatic carbocycles. The van der Waals surface area contributed by atoms with Gasteiger partial charge in [0.15, 0.2) is 5.76 Å². The Morgan fingerprint density at radius 3 is 2.28 bits per heavy atom. The Labute approximate surface area is 230 Å². The number of Topliss-reactive ketones (excluding diaryl/α,β-unsaturated/α-hetero) is 1. The first-order chi connectivity index (χ1) is 18.7. The summed E-state index contributed by atoms with van der Waals surface area (Å²) >= 11 is 1.23. The quantitative estimate of drug-likeness (QED) is 0.172. The maximum absolute atomic E-state index is 14.1. The summed E-state index contributed by atoms with van der Waals surface area (Å²) in [7, 11) is 0. The molecule has 8 heteroatoms. The Balaban J connectivity index is 1.62. The van der Waals surface area contributed by atoms with Crippen LogP contribution in [0, 0.1) is 20.8 Å². The number of aryl methyl sites for hydroxylation is 3. The van der Waals surface area contributed by atoms with Crippen molar-refractivity contribution in [3.63, 3.8) is 0 Å². The molecular weight excluding hydrogens is 512 g/mol. The van der Waals surface area contributed by atoms with Crippen molar-refractivity contribution >= 4 is 34.7 Å². The second kappa shape index (κ2) is 10.3. The van der Waals surface area contributed by atoms with Crippen molar-refractivity contribution in [3.05, 3.63) is 111 Å². The van der Waals surface area contributed by atoms with Crippen LogP contribution in [0.4, 0.5) is 5.69 Å². The summed E-state index contributed by atoms with van der Waals surface area (Å²) in [6.45, 7) is 6.96. The lowest BCUT2D eigenvalue weighted by Crippen LogP contribution is -2.31. The van der Waals surface area contributed by atoms with E-state index < -0.39 is 29.5 Å². The smallest absolute Gasteiger partial charge is 0.308 e. The molecule has 5 rings (SSSR count). The van der Waals surface area contributed by atoms with Crippen molar-refractivity contribution in [3.8, 4) is 16.3 Å². The normalized spacial score (nSPS) is 15.1. The number of aliphatic hydroxyl groups is 1. The van der Waals surface area contributed by atoms with E-state index in [1.165, 1.54) is 23.2 Å². The fraction of sp³-hybridized carbons (Fsp3) is 0.161. The highest BCUT2D eigenvalue weighted by Gasteiger charge is 2.45. The second-order valence-electron chi connectivity index (χ2n) is 9.40. The SMILES string of the molecule is CC(=O)Oc1ccc(C2C(C(=O)c3sc(-c4ccccc4)nc3C)=C(O)C(=O)N2c2ccc(C)c(C)c2)cc1. The number of benzene rings is 3. The summed E-state index contributed by atoms with van der Waals surface area (Å²) in [5.41, 5.74) is 4.52. The number of esters is 1. The average molecular weight is 539 g/mol. The summed E-state index contributed by atoms with van der Waals surface area (Å²) < 4.78 is 5.16. The molecule has 0 spiro atoms. The Kier molecular flexibility index (Phi) is 6.89. The first-order valence-electron chi connectivity index (χ1n) is 12.4. The fourth-order valence-corrected chi connectivity index (χ4v) is 5.64. The second-order valence-corrected chi connectivity index (χ2v) is 10.4. The molecule has 1 aromatic heterocycles. The van der Waals surface area contributed by atoms with Gasteiger partial charge in [-0.25, -0.2) is 4.98 Å². The number of anilines is 1. The van der Waals surface area contributed by atoms with E-state index in [9.17, 15) is 19.5 Å². The first kappa shape index (κ1) is 26.1. The molecule has 39 heavy (non-hydrogen) atoms. The van der Waals surface area contributed by atoms with E-state index in [0.717, 1.165) is 16.7 Å². The Morgan fingerprint density at radius 2 is 1.64 bits per heavy atom. The van der Waals surface area contributed by atoms with Gasteiger partial charge in [0.2, 0.25) is 5.78 Å². The van der Waals surface area contributed by atoms with Crippen LogP contribution in [0.1, 0.15) is 45.0 Å². The summed E-state index contributed by atoms with van der Waals surface area (Å²) in [6.07, 6.45) is 0. The van der Waals surface area contributed by atoms with Crippen LogP contribution in [0.3, 0.4) is 0 Å². The molecule has 1 unspecified atom stereocenters. The van der Waals surface area contributed by atoms with Crippen LogP contribution in [0.15, 0.2) is 84.1 Å². The van der Waals surface area contributed by atoms with Crippen molar-refractivity contribution in [1.82, 2.24) is 4.98 Å². The largest absolute Gasteiger partial charge is 0.503 e. The highest BCUT2D eigenvalue weighted by molar-refractivity contribution is 7.17. The van der Waals surface area contributed by atoms with Crippen LogP contribution in [0.25, 0.3) is 10.6 Å². The summed E-state index contributed by atoms with van der Waals surface area (Å²) in [4.78, 5) is 45.4. The zero-order valence-corrected chi connectivity index (χ0v) is 22.7. The molecule has 1 aliphatic rings. The van der Waals surface area contributed by atoms with Gasteiger partial charge in [0, 0.05) is 18.2 Å². The molecule has 1 amide bonds. The lowest BCUT2D eigenvalue weighted by Gasteiger charge is -2.27. The van der Waals surface area contributed by atoms with E-state index in [1.54, 1.807) is 37.3 Å². The number of thiazole rings is 1. The molecule has 0 saturated carbocycles. The number of hydrogen-bond acceptors (Lipinski definition) is 7. The molecule has 1 atom stereocenters. The van der Waals surface area contributed by atoms with E-state index in [-0.39, 0.29) is 5.57 Å². The molecule has 1 aliphatic heterocycles. The van der Waals surface area contributed by atoms with Gasteiger partial charge >= 0.3 is 5.97 Å². The zero-order chi connectivity index (χ0) is 27.8. The molecule has 0 radical (unpaired) electrons. The van der Waals surface area contributed by atoms with Crippen LogP contribution < -0.4 is 9.64 Å². The van der Waals surface area contributed by atoms with Gasteiger partial charge in [-0.15, -0.1) is 11.3 Å². The Morgan fingerprint density at radius 1 is 0.949 bits per heavy atom. The maximum Gasteiger partial charge on any atom is 0.308 e. The van der Waals surface area contributed by atoms with Crippen LogP contribution in [0.2, 0.25) is 0 Å². The number of aromatic nitrogens is 1. The number of aliphatic hydroxyl groups excluding tert-OH is 1. The maximum atomic E-state index is 14.1. The lowest BCUT2D eigenvalue weighted by atomic mass is 9.94. The lowest BCUT2D eigenvalue weighted by molar-refractivity contribution is -0.131. The molecular formula is C31H26N2O5S. The minimum Gasteiger partial charge on any atom is -0.503 e. The van der Waals surface area contributed by atoms with Gasteiger partial charge in [-0.2, -0.15) is 0 Å². The van der Waals surface area contributed by atoms with Gasteiger partial charge in [-0.1, -0.05) is 48.5 Å². The van der Waals surface area contributed by atoms with Crippen LogP contribution in [-0.2, 0) is 9.59 Å². The predicted molar refractivity (Wildman–Crippen MR) is 150 cm³/mol. The van der Waals surface area contributed by atoms with Gasteiger partial charge in [-0.3, -0.25) is 19.3 Å². The number of hydrogen-bond donors (Lipinski definition) is 1. The Bertz CT molecular complexity index is 1640. The van der Waals surface area contributed by atoms with Crippen molar-refractivity contribution in [1.29, 1.82) is 0 Å². The molecule has 7 nitrogen and oxygen atoms in total. The number of carbonyl (C=O) groups is 3. The molecule has 196 valence electrons. The van der Waals surface area contributed by atoms with Crippen LogP contribution >= 0.6 is 11.3 Å². The molecule has 4 aromatic rings. The van der Waals surface area contributed by atoms with Crippen molar-refractivity contribution in [2.75, 3.05) is 4.90 Å².